The molecule has 33 heavy (non-hydrogen) atoms. The number of ether oxygens (including phenoxy) is 1. The van der Waals surface area contributed by atoms with Crippen molar-refractivity contribution in [2.45, 2.75) is 18.8 Å². The summed E-state index contributed by atoms with van der Waals surface area (Å²) in [5.41, 5.74) is 1.93. The maximum absolute atomic E-state index is 13.2. The Balaban J connectivity index is 1.24. The Morgan fingerprint density at radius 2 is 2.00 bits per heavy atom. The summed E-state index contributed by atoms with van der Waals surface area (Å²) in [4.78, 5) is 32.4. The van der Waals surface area contributed by atoms with Crippen LogP contribution in [-0.2, 0) is 4.74 Å². The minimum absolute atomic E-state index is 0.0862. The third-order valence-corrected chi connectivity index (χ3v) is 5.77. The largest absolute Gasteiger partial charge is 0.447 e. The van der Waals surface area contributed by atoms with Crippen LogP contribution in [0.4, 0.5) is 25.4 Å². The molecule has 5 rings (SSSR count). The van der Waals surface area contributed by atoms with Crippen LogP contribution < -0.4 is 10.2 Å². The minimum Gasteiger partial charge on any atom is -0.447 e. The molecule has 1 atom stereocenters. The Hall–Kier alpha value is -3.95. The van der Waals surface area contributed by atoms with Gasteiger partial charge >= 0.3 is 12.1 Å². The Kier molecular flexibility index (Phi) is 5.64. The summed E-state index contributed by atoms with van der Waals surface area (Å²) in [6.45, 7) is 1.88. The maximum Gasteiger partial charge on any atom is 0.414 e. The van der Waals surface area contributed by atoms with E-state index >= 15 is 0 Å². The first-order valence-corrected chi connectivity index (χ1v) is 10.8. The van der Waals surface area contributed by atoms with E-state index in [0.717, 1.165) is 12.8 Å². The molecule has 1 aromatic heterocycles. The zero-order valence-electron chi connectivity index (χ0n) is 17.7. The number of urea groups is 1. The number of hydrogen-bond donors (Lipinski definition) is 1. The third kappa shape index (κ3) is 4.50. The summed E-state index contributed by atoms with van der Waals surface area (Å²) < 4.78 is 23.6. The molecular formula is C23H22FN5O4. The van der Waals surface area contributed by atoms with Crippen LogP contribution in [0.3, 0.4) is 0 Å². The van der Waals surface area contributed by atoms with Gasteiger partial charge in [-0.15, -0.1) is 0 Å². The average Bonchev–Trinajstić information content (AvgIpc) is 3.49. The van der Waals surface area contributed by atoms with Crippen molar-refractivity contribution in [1.82, 2.24) is 15.0 Å². The van der Waals surface area contributed by atoms with Crippen LogP contribution >= 0.6 is 0 Å². The van der Waals surface area contributed by atoms with Gasteiger partial charge in [-0.25, -0.2) is 14.0 Å². The number of benzene rings is 2. The SMILES string of the molecule is O=C(Nc1cccc(N2CCOC2=O)c1)N1CCCC(c2nc(-c3ccc(F)cc3)no2)C1. The second-order valence-electron chi connectivity index (χ2n) is 7.99. The molecule has 1 N–H and O–H groups in total. The normalized spacial score (nSPS) is 18.3. The van der Waals surface area contributed by atoms with Gasteiger partial charge in [0.2, 0.25) is 11.7 Å². The number of nitrogens with one attached hydrogen (secondary N) is 1. The van der Waals surface area contributed by atoms with Crippen LogP contribution in [0.2, 0.25) is 0 Å². The Labute approximate surface area is 189 Å². The number of carbonyl (C=O) groups is 2. The van der Waals surface area contributed by atoms with E-state index in [1.807, 2.05) is 0 Å². The van der Waals surface area contributed by atoms with Crippen molar-refractivity contribution in [3.8, 4) is 11.4 Å². The molecule has 0 saturated carbocycles. The second kappa shape index (κ2) is 8.89. The van der Waals surface area contributed by atoms with Crippen molar-refractivity contribution in [3.05, 3.63) is 60.2 Å². The fraction of sp³-hybridized carbons (Fsp3) is 0.304. The predicted octanol–water partition coefficient (Wildman–Crippen LogP) is 4.24. The Morgan fingerprint density at radius 3 is 2.79 bits per heavy atom. The molecule has 9 nitrogen and oxygen atoms in total. The lowest BCUT2D eigenvalue weighted by Crippen LogP contribution is -2.41. The molecule has 0 spiro atoms. The van der Waals surface area contributed by atoms with Crippen molar-refractivity contribution in [3.63, 3.8) is 0 Å². The first-order chi connectivity index (χ1) is 16.1. The molecule has 170 valence electrons. The van der Waals surface area contributed by atoms with E-state index in [9.17, 15) is 14.0 Å². The number of aromatic nitrogens is 2. The van der Waals surface area contributed by atoms with Gasteiger partial charge in [-0.3, -0.25) is 4.90 Å². The van der Waals surface area contributed by atoms with Gasteiger partial charge in [-0.2, -0.15) is 4.98 Å². The van der Waals surface area contributed by atoms with Gasteiger partial charge in [0.05, 0.1) is 12.5 Å². The van der Waals surface area contributed by atoms with E-state index in [2.05, 4.69) is 15.5 Å². The number of rotatable bonds is 4. The number of halogens is 1. The number of likely N-dealkylation sites (tertiary alicyclic amines) is 1. The number of piperidine rings is 1. The van der Waals surface area contributed by atoms with E-state index in [4.69, 9.17) is 9.26 Å². The standard InChI is InChI=1S/C23H22FN5O4/c24-17-8-6-15(7-9-17)20-26-21(33-27-20)16-3-2-10-28(14-16)22(30)25-18-4-1-5-19(13-18)29-11-12-32-23(29)31/h1,4-9,13,16H,2-3,10-12,14H2,(H,25,30). The van der Waals surface area contributed by atoms with Crippen molar-refractivity contribution >= 4 is 23.5 Å². The first-order valence-electron chi connectivity index (χ1n) is 10.8. The van der Waals surface area contributed by atoms with Gasteiger partial charge in [0.25, 0.3) is 0 Å². The van der Waals surface area contributed by atoms with Crippen LogP contribution in [0.1, 0.15) is 24.7 Å². The highest BCUT2D eigenvalue weighted by atomic mass is 19.1. The van der Waals surface area contributed by atoms with Crippen LogP contribution in [0.15, 0.2) is 53.1 Å². The van der Waals surface area contributed by atoms with Gasteiger partial charge in [0, 0.05) is 30.0 Å². The summed E-state index contributed by atoms with van der Waals surface area (Å²) in [5, 5.41) is 6.92. The molecule has 2 aliphatic heterocycles. The van der Waals surface area contributed by atoms with Gasteiger partial charge in [0.15, 0.2) is 0 Å². The number of amides is 3. The second-order valence-corrected chi connectivity index (χ2v) is 7.99. The van der Waals surface area contributed by atoms with E-state index in [1.54, 1.807) is 41.3 Å². The molecule has 0 aliphatic carbocycles. The Bertz CT molecular complexity index is 1170. The number of hydrogen-bond acceptors (Lipinski definition) is 6. The monoisotopic (exact) mass is 451 g/mol. The molecule has 10 heteroatoms. The maximum atomic E-state index is 13.2. The smallest absolute Gasteiger partial charge is 0.414 e. The van der Waals surface area contributed by atoms with Gasteiger partial charge < -0.3 is 19.5 Å². The highest BCUT2D eigenvalue weighted by Crippen LogP contribution is 2.28. The van der Waals surface area contributed by atoms with E-state index < -0.39 is 6.09 Å². The van der Waals surface area contributed by atoms with Crippen LogP contribution in [0, 0.1) is 5.82 Å². The quantitative estimate of drug-likeness (QED) is 0.637. The van der Waals surface area contributed by atoms with Crippen molar-refractivity contribution in [2.75, 3.05) is 36.5 Å². The molecule has 2 fully saturated rings. The average molecular weight is 451 g/mol. The van der Waals surface area contributed by atoms with Gasteiger partial charge in [0.1, 0.15) is 12.4 Å². The molecule has 3 heterocycles. The number of cyclic esters (lactones) is 1. The number of anilines is 2. The zero-order chi connectivity index (χ0) is 22.8. The topological polar surface area (TPSA) is 101 Å². The van der Waals surface area contributed by atoms with Crippen LogP contribution in [0.5, 0.6) is 0 Å². The van der Waals surface area contributed by atoms with E-state index in [0.29, 0.717) is 54.9 Å². The first kappa shape index (κ1) is 20.9. The molecule has 3 aromatic rings. The molecule has 2 aromatic carbocycles. The van der Waals surface area contributed by atoms with Crippen LogP contribution in [0.25, 0.3) is 11.4 Å². The lowest BCUT2D eigenvalue weighted by atomic mass is 9.98. The number of nitrogens with zero attached hydrogens (tertiary/aromatic N) is 4. The summed E-state index contributed by atoms with van der Waals surface area (Å²) >= 11 is 0. The minimum atomic E-state index is -0.392. The summed E-state index contributed by atoms with van der Waals surface area (Å²) in [6, 6.07) is 12.8. The summed E-state index contributed by atoms with van der Waals surface area (Å²) in [6.07, 6.45) is 1.23. The van der Waals surface area contributed by atoms with Crippen LogP contribution in [-0.4, -0.2) is 53.4 Å². The Morgan fingerprint density at radius 1 is 1.15 bits per heavy atom. The lowest BCUT2D eigenvalue weighted by Gasteiger charge is -2.31. The summed E-state index contributed by atoms with van der Waals surface area (Å²) in [7, 11) is 0. The third-order valence-electron chi connectivity index (χ3n) is 5.77. The molecule has 3 amide bonds. The zero-order valence-corrected chi connectivity index (χ0v) is 17.7. The van der Waals surface area contributed by atoms with E-state index in [1.165, 1.54) is 17.0 Å². The van der Waals surface area contributed by atoms with Gasteiger partial charge in [-0.05, 0) is 55.3 Å². The van der Waals surface area contributed by atoms with Crippen molar-refractivity contribution < 1.29 is 23.2 Å². The molecule has 1 unspecified atom stereocenters. The molecule has 2 aliphatic rings. The van der Waals surface area contributed by atoms with E-state index in [-0.39, 0.29) is 17.8 Å². The highest BCUT2D eigenvalue weighted by Gasteiger charge is 2.29. The van der Waals surface area contributed by atoms with Gasteiger partial charge in [-0.1, -0.05) is 11.2 Å². The molecule has 0 bridgehead atoms. The summed E-state index contributed by atoms with van der Waals surface area (Å²) in [5.74, 6) is 0.435. The molecule has 2 saturated heterocycles. The number of carbonyl (C=O) groups excluding carboxylic acids is 2. The fourth-order valence-electron chi connectivity index (χ4n) is 4.06. The lowest BCUT2D eigenvalue weighted by molar-refractivity contribution is 0.181. The fourth-order valence-corrected chi connectivity index (χ4v) is 4.06. The predicted molar refractivity (Wildman–Crippen MR) is 117 cm³/mol. The molecular weight excluding hydrogens is 429 g/mol. The highest BCUT2D eigenvalue weighted by molar-refractivity contribution is 5.93. The van der Waals surface area contributed by atoms with Crippen molar-refractivity contribution in [1.29, 1.82) is 0 Å². The van der Waals surface area contributed by atoms with Crippen molar-refractivity contribution in [2.24, 2.45) is 0 Å². The molecule has 0 radical (unpaired) electrons.